The molecular formula is C24H24N4O4S. The van der Waals surface area contributed by atoms with Crippen molar-refractivity contribution in [2.24, 2.45) is 0 Å². The fourth-order valence-electron chi connectivity index (χ4n) is 4.01. The monoisotopic (exact) mass is 464 g/mol. The second kappa shape index (κ2) is 7.93. The number of aromatic nitrogens is 3. The van der Waals surface area contributed by atoms with E-state index >= 15 is 0 Å². The number of anilines is 1. The molecule has 8 nitrogen and oxygen atoms in total. The number of carbonyl (C=O) groups is 1. The molecule has 4 heterocycles. The van der Waals surface area contributed by atoms with Crippen molar-refractivity contribution in [2.75, 3.05) is 12.4 Å². The largest absolute Gasteiger partial charge is 0.497 e. The number of thiophene rings is 1. The van der Waals surface area contributed by atoms with Gasteiger partial charge < -0.3 is 14.8 Å². The van der Waals surface area contributed by atoms with Crippen LogP contribution in [0, 0.1) is 0 Å². The van der Waals surface area contributed by atoms with E-state index in [9.17, 15) is 9.59 Å². The highest BCUT2D eigenvalue weighted by Gasteiger charge is 2.28. The second-order valence-corrected chi connectivity index (χ2v) is 9.81. The fraction of sp³-hybridized carbons (Fsp3) is 0.333. The maximum atomic E-state index is 13.3. The molecule has 4 aromatic rings. The van der Waals surface area contributed by atoms with Crippen LogP contribution in [0.3, 0.4) is 0 Å². The molecule has 0 unspecified atom stereocenters. The van der Waals surface area contributed by atoms with Gasteiger partial charge in [0, 0.05) is 29.1 Å². The van der Waals surface area contributed by atoms with Gasteiger partial charge in [0.15, 0.2) is 0 Å². The second-order valence-electron chi connectivity index (χ2n) is 8.81. The Labute approximate surface area is 194 Å². The summed E-state index contributed by atoms with van der Waals surface area (Å²) in [5, 5.41) is 3.67. The van der Waals surface area contributed by atoms with Gasteiger partial charge in [-0.3, -0.25) is 14.2 Å². The van der Waals surface area contributed by atoms with Crippen LogP contribution in [0.25, 0.3) is 20.4 Å². The Morgan fingerprint density at radius 3 is 2.94 bits per heavy atom. The van der Waals surface area contributed by atoms with Crippen molar-refractivity contribution in [3.8, 4) is 5.75 Å². The Bertz CT molecular complexity index is 1460. The third kappa shape index (κ3) is 3.87. The molecule has 0 spiro atoms. The first-order valence-electron chi connectivity index (χ1n) is 10.7. The first-order chi connectivity index (χ1) is 15.8. The molecule has 5 rings (SSSR count). The van der Waals surface area contributed by atoms with Gasteiger partial charge in [-0.25, -0.2) is 9.97 Å². The van der Waals surface area contributed by atoms with Gasteiger partial charge in [0.2, 0.25) is 5.91 Å². The van der Waals surface area contributed by atoms with Crippen LogP contribution in [-0.4, -0.2) is 33.2 Å². The van der Waals surface area contributed by atoms with Crippen LogP contribution in [-0.2, 0) is 22.6 Å². The third-order valence-electron chi connectivity index (χ3n) is 5.91. The van der Waals surface area contributed by atoms with Crippen molar-refractivity contribution in [3.05, 3.63) is 58.3 Å². The normalized spacial score (nSPS) is 15.9. The van der Waals surface area contributed by atoms with Crippen molar-refractivity contribution in [1.29, 1.82) is 0 Å². The summed E-state index contributed by atoms with van der Waals surface area (Å²) < 4.78 is 13.0. The molecule has 1 aromatic carbocycles. The molecule has 9 heteroatoms. The Morgan fingerprint density at radius 1 is 1.33 bits per heavy atom. The molecule has 0 radical (unpaired) electrons. The van der Waals surface area contributed by atoms with Gasteiger partial charge in [-0.2, -0.15) is 0 Å². The molecule has 1 aliphatic heterocycles. The minimum absolute atomic E-state index is 0.258. The SMILES string of the molecule is COc1cccc(NC(=O)[C@H](C)n2cnc3c(sc4nc5c(cc43)COC(C)(C)C5)c2=O)c1. The predicted molar refractivity (Wildman–Crippen MR) is 128 cm³/mol. The minimum atomic E-state index is -0.749. The maximum absolute atomic E-state index is 13.3. The van der Waals surface area contributed by atoms with Crippen LogP contribution in [0.4, 0.5) is 5.69 Å². The Morgan fingerprint density at radius 2 is 2.15 bits per heavy atom. The first-order valence-corrected chi connectivity index (χ1v) is 11.5. The molecule has 1 N–H and O–H groups in total. The number of amides is 1. The van der Waals surface area contributed by atoms with Crippen molar-refractivity contribution >= 4 is 43.4 Å². The molecule has 3 aromatic heterocycles. The van der Waals surface area contributed by atoms with E-state index in [4.69, 9.17) is 14.5 Å². The number of hydrogen-bond acceptors (Lipinski definition) is 7. The predicted octanol–water partition coefficient (Wildman–Crippen LogP) is 4.07. The van der Waals surface area contributed by atoms with E-state index in [1.54, 1.807) is 38.3 Å². The molecule has 33 heavy (non-hydrogen) atoms. The number of pyridine rings is 1. The third-order valence-corrected chi connectivity index (χ3v) is 6.99. The quantitative estimate of drug-likeness (QED) is 0.489. The van der Waals surface area contributed by atoms with Crippen molar-refractivity contribution in [3.63, 3.8) is 0 Å². The molecule has 0 saturated carbocycles. The number of rotatable bonds is 4. The number of fused-ring (bicyclic) bond motifs is 4. The molecule has 170 valence electrons. The Balaban J connectivity index is 1.50. The first kappa shape index (κ1) is 21.5. The van der Waals surface area contributed by atoms with Gasteiger partial charge in [-0.1, -0.05) is 6.07 Å². The highest BCUT2D eigenvalue weighted by molar-refractivity contribution is 7.25. The molecule has 0 aliphatic carbocycles. The molecule has 0 bridgehead atoms. The number of hydrogen-bond donors (Lipinski definition) is 1. The summed E-state index contributed by atoms with van der Waals surface area (Å²) in [4.78, 5) is 36.3. The molecule has 1 atom stereocenters. The summed E-state index contributed by atoms with van der Waals surface area (Å²) in [6, 6.07) is 8.35. The van der Waals surface area contributed by atoms with E-state index in [-0.39, 0.29) is 17.1 Å². The van der Waals surface area contributed by atoms with Crippen LogP contribution in [0.2, 0.25) is 0 Å². The number of benzene rings is 1. The molecular weight excluding hydrogens is 440 g/mol. The van der Waals surface area contributed by atoms with E-state index in [2.05, 4.69) is 10.3 Å². The van der Waals surface area contributed by atoms with E-state index in [0.717, 1.165) is 21.5 Å². The zero-order valence-electron chi connectivity index (χ0n) is 18.8. The minimum Gasteiger partial charge on any atom is -0.497 e. The van der Waals surface area contributed by atoms with Gasteiger partial charge in [-0.05, 0) is 39.0 Å². The van der Waals surface area contributed by atoms with Crippen molar-refractivity contribution < 1.29 is 14.3 Å². The van der Waals surface area contributed by atoms with Crippen LogP contribution in [0.15, 0.2) is 41.5 Å². The number of methoxy groups -OCH3 is 1. The van der Waals surface area contributed by atoms with Gasteiger partial charge in [0.1, 0.15) is 21.3 Å². The van der Waals surface area contributed by atoms with Crippen molar-refractivity contribution in [2.45, 2.75) is 45.4 Å². The van der Waals surface area contributed by atoms with Gasteiger partial charge in [0.05, 0.1) is 36.9 Å². The summed E-state index contributed by atoms with van der Waals surface area (Å²) in [5.41, 5.74) is 2.70. The highest BCUT2D eigenvalue weighted by Crippen LogP contribution is 2.34. The van der Waals surface area contributed by atoms with Crippen molar-refractivity contribution in [1.82, 2.24) is 14.5 Å². The van der Waals surface area contributed by atoms with Crippen LogP contribution in [0.5, 0.6) is 5.75 Å². The number of nitrogens with zero attached hydrogens (tertiary/aromatic N) is 3. The maximum Gasteiger partial charge on any atom is 0.272 e. The summed E-state index contributed by atoms with van der Waals surface area (Å²) in [6.45, 7) is 6.26. The van der Waals surface area contributed by atoms with E-state index in [1.807, 2.05) is 19.9 Å². The zero-order valence-corrected chi connectivity index (χ0v) is 19.7. The number of nitrogens with one attached hydrogen (secondary N) is 1. The van der Waals surface area contributed by atoms with Gasteiger partial charge in [-0.15, -0.1) is 11.3 Å². The topological polar surface area (TPSA) is 95.3 Å². The lowest BCUT2D eigenvalue weighted by molar-refractivity contribution is -0.118. The smallest absolute Gasteiger partial charge is 0.272 e. The summed E-state index contributed by atoms with van der Waals surface area (Å²) in [5.74, 6) is 0.315. The summed E-state index contributed by atoms with van der Waals surface area (Å²) in [6.07, 6.45) is 2.15. The van der Waals surface area contributed by atoms with Gasteiger partial charge >= 0.3 is 0 Å². The lowest BCUT2D eigenvalue weighted by Crippen LogP contribution is -2.32. The average molecular weight is 465 g/mol. The van der Waals surface area contributed by atoms with Crippen LogP contribution in [0.1, 0.15) is 38.1 Å². The summed E-state index contributed by atoms with van der Waals surface area (Å²) in [7, 11) is 1.56. The molecule has 1 amide bonds. The van der Waals surface area contributed by atoms with E-state index < -0.39 is 6.04 Å². The molecule has 0 fully saturated rings. The molecule has 1 aliphatic rings. The standard InChI is InChI=1S/C24H24N4O4S/c1-13(21(29)26-15-6-5-7-16(9-15)31-4)28-12-25-19-17-8-14-11-32-24(2,3)10-18(14)27-22(17)33-20(19)23(28)30/h5-9,12-13H,10-11H2,1-4H3,(H,26,29)/t13-/m0/s1. The van der Waals surface area contributed by atoms with E-state index in [0.29, 0.717) is 34.7 Å². The Kier molecular flexibility index (Phi) is 5.18. The van der Waals surface area contributed by atoms with E-state index in [1.165, 1.54) is 22.2 Å². The Hall–Kier alpha value is -3.30. The van der Waals surface area contributed by atoms with Gasteiger partial charge in [0.25, 0.3) is 5.56 Å². The average Bonchev–Trinajstić information content (AvgIpc) is 3.15. The lowest BCUT2D eigenvalue weighted by Gasteiger charge is -2.30. The number of ether oxygens (including phenoxy) is 2. The fourth-order valence-corrected chi connectivity index (χ4v) is 5.07. The lowest BCUT2D eigenvalue weighted by atomic mass is 9.95. The highest BCUT2D eigenvalue weighted by atomic mass is 32.1. The van der Waals surface area contributed by atoms with Crippen LogP contribution >= 0.6 is 11.3 Å². The zero-order chi connectivity index (χ0) is 23.3. The summed E-state index contributed by atoms with van der Waals surface area (Å²) >= 11 is 1.32. The number of carbonyl (C=O) groups excluding carboxylic acids is 1. The van der Waals surface area contributed by atoms with Crippen LogP contribution < -0.4 is 15.6 Å². The molecule has 0 saturated heterocycles.